The first-order valence-electron chi connectivity index (χ1n) is 5.63. The number of pyridine rings is 1. The highest BCUT2D eigenvalue weighted by Gasteiger charge is 2.20. The summed E-state index contributed by atoms with van der Waals surface area (Å²) in [6.07, 6.45) is 1.54. The molecule has 19 heavy (non-hydrogen) atoms. The SMILES string of the molecule is CCOC(=O)c1cc(-c2ccco2)nc(Br)c1OC. The number of ether oxygens (including phenoxy) is 2. The van der Waals surface area contributed by atoms with Crippen molar-refractivity contribution in [2.75, 3.05) is 13.7 Å². The van der Waals surface area contributed by atoms with Crippen LogP contribution in [0, 0.1) is 0 Å². The summed E-state index contributed by atoms with van der Waals surface area (Å²) in [4.78, 5) is 16.2. The first-order chi connectivity index (χ1) is 9.17. The minimum atomic E-state index is -0.463. The van der Waals surface area contributed by atoms with Crippen molar-refractivity contribution in [2.45, 2.75) is 6.92 Å². The second-order valence-electron chi connectivity index (χ2n) is 3.58. The maximum atomic E-state index is 11.9. The monoisotopic (exact) mass is 325 g/mol. The molecule has 100 valence electrons. The van der Waals surface area contributed by atoms with Gasteiger partial charge >= 0.3 is 5.97 Å². The summed E-state index contributed by atoms with van der Waals surface area (Å²) < 4.78 is 15.9. The summed E-state index contributed by atoms with van der Waals surface area (Å²) in [6, 6.07) is 5.09. The summed E-state index contributed by atoms with van der Waals surface area (Å²) in [5.41, 5.74) is 0.832. The predicted molar refractivity (Wildman–Crippen MR) is 72.1 cm³/mol. The summed E-state index contributed by atoms with van der Waals surface area (Å²) in [7, 11) is 1.47. The van der Waals surface area contributed by atoms with Crippen molar-refractivity contribution in [1.82, 2.24) is 4.98 Å². The zero-order valence-electron chi connectivity index (χ0n) is 10.5. The Labute approximate surface area is 118 Å². The Morgan fingerprint density at radius 1 is 1.53 bits per heavy atom. The van der Waals surface area contributed by atoms with Crippen LogP contribution in [0.5, 0.6) is 5.75 Å². The molecule has 0 saturated carbocycles. The van der Waals surface area contributed by atoms with Crippen LogP contribution in [-0.2, 0) is 4.74 Å². The number of nitrogens with zero attached hydrogens (tertiary/aromatic N) is 1. The van der Waals surface area contributed by atoms with Gasteiger partial charge in [0.1, 0.15) is 15.9 Å². The lowest BCUT2D eigenvalue weighted by Crippen LogP contribution is -2.08. The Balaban J connectivity index is 2.53. The number of hydrogen-bond acceptors (Lipinski definition) is 5. The van der Waals surface area contributed by atoms with E-state index in [9.17, 15) is 4.79 Å². The van der Waals surface area contributed by atoms with Crippen LogP contribution in [0.3, 0.4) is 0 Å². The smallest absolute Gasteiger partial charge is 0.342 e. The maximum Gasteiger partial charge on any atom is 0.342 e. The third kappa shape index (κ3) is 2.78. The van der Waals surface area contributed by atoms with E-state index in [2.05, 4.69) is 20.9 Å². The molecule has 5 nitrogen and oxygen atoms in total. The molecular weight excluding hydrogens is 314 g/mol. The summed E-state index contributed by atoms with van der Waals surface area (Å²) in [5, 5.41) is 0. The fraction of sp³-hybridized carbons (Fsp3) is 0.231. The van der Waals surface area contributed by atoms with E-state index in [0.29, 0.717) is 27.4 Å². The minimum Gasteiger partial charge on any atom is -0.493 e. The average Bonchev–Trinajstić information content (AvgIpc) is 2.92. The van der Waals surface area contributed by atoms with Gasteiger partial charge in [0.05, 0.1) is 20.0 Å². The second-order valence-corrected chi connectivity index (χ2v) is 4.33. The van der Waals surface area contributed by atoms with Gasteiger partial charge in [-0.3, -0.25) is 0 Å². The number of rotatable bonds is 4. The summed E-state index contributed by atoms with van der Waals surface area (Å²) in [5.74, 6) is 0.443. The molecule has 0 N–H and O–H groups in total. The van der Waals surface area contributed by atoms with E-state index < -0.39 is 5.97 Å². The number of aromatic nitrogens is 1. The van der Waals surface area contributed by atoms with Gasteiger partial charge in [-0.25, -0.2) is 9.78 Å². The van der Waals surface area contributed by atoms with Crippen LogP contribution in [0.15, 0.2) is 33.5 Å². The third-order valence-electron chi connectivity index (χ3n) is 2.40. The molecule has 0 aliphatic carbocycles. The van der Waals surface area contributed by atoms with Gasteiger partial charge in [0, 0.05) is 0 Å². The van der Waals surface area contributed by atoms with E-state index in [4.69, 9.17) is 13.9 Å². The molecule has 0 aliphatic heterocycles. The third-order valence-corrected chi connectivity index (χ3v) is 2.94. The molecule has 0 spiro atoms. The molecule has 2 aromatic heterocycles. The number of carbonyl (C=O) groups is 1. The van der Waals surface area contributed by atoms with Gasteiger partial charge in [-0.2, -0.15) is 0 Å². The summed E-state index contributed by atoms with van der Waals surface area (Å²) in [6.45, 7) is 2.03. The van der Waals surface area contributed by atoms with Crippen molar-refractivity contribution < 1.29 is 18.7 Å². The fourth-order valence-corrected chi connectivity index (χ4v) is 2.17. The van der Waals surface area contributed by atoms with E-state index in [1.807, 2.05) is 0 Å². The Bertz CT molecular complexity index is 581. The molecule has 0 aliphatic rings. The van der Waals surface area contributed by atoms with Gasteiger partial charge in [0.25, 0.3) is 0 Å². The van der Waals surface area contributed by atoms with Crippen LogP contribution >= 0.6 is 15.9 Å². The predicted octanol–water partition coefficient (Wildman–Crippen LogP) is 3.29. The number of esters is 1. The lowest BCUT2D eigenvalue weighted by Gasteiger charge is -2.10. The van der Waals surface area contributed by atoms with Crippen LogP contribution in [-0.4, -0.2) is 24.7 Å². The molecule has 2 aromatic rings. The van der Waals surface area contributed by atoms with Crippen molar-refractivity contribution in [3.05, 3.63) is 34.6 Å². The maximum absolute atomic E-state index is 11.9. The molecule has 6 heteroatoms. The van der Waals surface area contributed by atoms with Gasteiger partial charge < -0.3 is 13.9 Å². The highest BCUT2D eigenvalue weighted by molar-refractivity contribution is 9.10. The normalized spacial score (nSPS) is 10.3. The Morgan fingerprint density at radius 3 is 2.89 bits per heavy atom. The Kier molecular flexibility index (Phi) is 4.21. The summed E-state index contributed by atoms with van der Waals surface area (Å²) >= 11 is 3.28. The molecule has 0 aromatic carbocycles. The molecule has 0 radical (unpaired) electrons. The Hall–Kier alpha value is -1.82. The highest BCUT2D eigenvalue weighted by Crippen LogP contribution is 2.32. The first-order valence-corrected chi connectivity index (χ1v) is 6.42. The topological polar surface area (TPSA) is 61.6 Å². The van der Waals surface area contributed by atoms with Crippen molar-refractivity contribution in [3.8, 4) is 17.2 Å². The molecule has 0 fully saturated rings. The van der Waals surface area contributed by atoms with Crippen LogP contribution in [0.1, 0.15) is 17.3 Å². The number of halogens is 1. The molecule has 0 unspecified atom stereocenters. The molecule has 0 saturated heterocycles. The van der Waals surface area contributed by atoms with Crippen LogP contribution in [0.2, 0.25) is 0 Å². The molecule has 0 bridgehead atoms. The minimum absolute atomic E-state index is 0.290. The van der Waals surface area contributed by atoms with E-state index in [1.54, 1.807) is 31.4 Å². The number of carbonyl (C=O) groups excluding carboxylic acids is 1. The second kappa shape index (κ2) is 5.88. The van der Waals surface area contributed by atoms with Gasteiger partial charge in [0.15, 0.2) is 11.5 Å². The van der Waals surface area contributed by atoms with Crippen molar-refractivity contribution >= 4 is 21.9 Å². The molecule has 0 amide bonds. The number of furan rings is 1. The lowest BCUT2D eigenvalue weighted by molar-refractivity contribution is 0.0522. The van der Waals surface area contributed by atoms with Crippen LogP contribution in [0.25, 0.3) is 11.5 Å². The molecule has 2 rings (SSSR count). The average molecular weight is 326 g/mol. The molecule has 2 heterocycles. The first kappa shape index (κ1) is 13.6. The quantitative estimate of drug-likeness (QED) is 0.637. The van der Waals surface area contributed by atoms with Crippen molar-refractivity contribution in [1.29, 1.82) is 0 Å². The van der Waals surface area contributed by atoms with Gasteiger partial charge in [0.2, 0.25) is 0 Å². The van der Waals surface area contributed by atoms with E-state index in [-0.39, 0.29) is 6.61 Å². The standard InChI is InChI=1S/C13H12BrNO4/c1-3-18-13(16)8-7-9(10-5-4-6-19-10)15-12(14)11(8)17-2/h4-7H,3H2,1-2H3. The molecule has 0 atom stereocenters. The van der Waals surface area contributed by atoms with Gasteiger partial charge in [-0.15, -0.1) is 0 Å². The largest absolute Gasteiger partial charge is 0.493 e. The van der Waals surface area contributed by atoms with Crippen LogP contribution in [0.4, 0.5) is 0 Å². The lowest BCUT2D eigenvalue weighted by atomic mass is 10.2. The fourth-order valence-electron chi connectivity index (χ4n) is 1.61. The van der Waals surface area contributed by atoms with Crippen molar-refractivity contribution in [2.24, 2.45) is 0 Å². The van der Waals surface area contributed by atoms with Crippen LogP contribution < -0.4 is 4.74 Å². The molecular formula is C13H12BrNO4. The zero-order valence-corrected chi connectivity index (χ0v) is 12.1. The van der Waals surface area contributed by atoms with E-state index in [0.717, 1.165) is 0 Å². The van der Waals surface area contributed by atoms with E-state index >= 15 is 0 Å². The van der Waals surface area contributed by atoms with Gasteiger partial charge in [-0.1, -0.05) is 0 Å². The number of methoxy groups -OCH3 is 1. The van der Waals surface area contributed by atoms with Crippen molar-refractivity contribution in [3.63, 3.8) is 0 Å². The number of hydrogen-bond donors (Lipinski definition) is 0. The van der Waals surface area contributed by atoms with E-state index in [1.165, 1.54) is 7.11 Å². The zero-order chi connectivity index (χ0) is 13.8. The highest BCUT2D eigenvalue weighted by atomic mass is 79.9. The Morgan fingerprint density at radius 2 is 2.32 bits per heavy atom. The van der Waals surface area contributed by atoms with Gasteiger partial charge in [-0.05, 0) is 41.1 Å².